The van der Waals surface area contributed by atoms with Crippen LogP contribution in [0.4, 0.5) is 24.5 Å². The molecule has 8 aromatic rings. The molecule has 0 atom stereocenters. The molecule has 2 aromatic heterocycles. The van der Waals surface area contributed by atoms with Gasteiger partial charge < -0.3 is 9.13 Å². The van der Waals surface area contributed by atoms with Crippen molar-refractivity contribution in [1.29, 1.82) is 15.8 Å². The zero-order chi connectivity index (χ0) is 36.3. The number of hydrogen-bond acceptors (Lipinski definition) is 3. The average molecular weight is 678 g/mol. The summed E-state index contributed by atoms with van der Waals surface area (Å²) in [6, 6.07) is 35.1. The van der Waals surface area contributed by atoms with Gasteiger partial charge in [-0.05, 0) is 101 Å². The minimum absolute atomic E-state index is 0.104. The molecule has 6 aromatic carbocycles. The molecule has 0 saturated carbocycles. The Balaban J connectivity index is 1.59. The van der Waals surface area contributed by atoms with Crippen LogP contribution in [-0.2, 0) is 6.18 Å². The van der Waals surface area contributed by atoms with E-state index in [-0.39, 0.29) is 28.1 Å². The van der Waals surface area contributed by atoms with Crippen molar-refractivity contribution in [2.24, 2.45) is 0 Å². The molecule has 0 aliphatic heterocycles. The van der Waals surface area contributed by atoms with Crippen molar-refractivity contribution in [3.63, 3.8) is 0 Å². The van der Waals surface area contributed by atoms with E-state index < -0.39 is 11.7 Å². The second-order valence-corrected chi connectivity index (χ2v) is 12.0. The average Bonchev–Trinajstić information content (AvgIpc) is 3.67. The number of halogens is 3. The van der Waals surface area contributed by atoms with Crippen molar-refractivity contribution in [2.45, 2.75) is 6.18 Å². The summed E-state index contributed by atoms with van der Waals surface area (Å²) in [5.41, 5.74) is 3.62. The first-order valence-corrected chi connectivity index (χ1v) is 15.7. The zero-order valence-corrected chi connectivity index (χ0v) is 26.7. The van der Waals surface area contributed by atoms with Gasteiger partial charge in [-0.25, -0.2) is 9.69 Å². The van der Waals surface area contributed by atoms with Crippen molar-refractivity contribution < 1.29 is 13.2 Å². The molecule has 0 spiro atoms. The van der Waals surface area contributed by atoms with Crippen LogP contribution in [0, 0.1) is 47.1 Å². The van der Waals surface area contributed by atoms with E-state index in [9.17, 15) is 29.0 Å². The topological polar surface area (TPSA) is 89.9 Å². The van der Waals surface area contributed by atoms with Gasteiger partial charge in [0.1, 0.15) is 11.6 Å². The van der Waals surface area contributed by atoms with Crippen molar-refractivity contribution in [3.8, 4) is 40.7 Å². The van der Waals surface area contributed by atoms with Crippen LogP contribution in [0.1, 0.15) is 22.3 Å². The monoisotopic (exact) mass is 677 g/mol. The van der Waals surface area contributed by atoms with Gasteiger partial charge in [-0.2, -0.15) is 29.0 Å². The fraction of sp³-hybridized carbons (Fsp3) is 0.0238. The van der Waals surface area contributed by atoms with Gasteiger partial charge in [-0.1, -0.05) is 30.3 Å². The van der Waals surface area contributed by atoms with E-state index in [1.807, 2.05) is 0 Å². The maximum atomic E-state index is 14.6. The van der Waals surface area contributed by atoms with Gasteiger partial charge in [0, 0.05) is 10.8 Å². The largest absolute Gasteiger partial charge is 0.417 e. The van der Waals surface area contributed by atoms with Gasteiger partial charge in [0.05, 0.1) is 75.4 Å². The first-order valence-electron chi connectivity index (χ1n) is 15.7. The van der Waals surface area contributed by atoms with E-state index in [0.717, 1.165) is 6.07 Å². The lowest BCUT2D eigenvalue weighted by Crippen LogP contribution is -2.09. The Morgan fingerprint density at radius 3 is 1.40 bits per heavy atom. The fourth-order valence-corrected chi connectivity index (χ4v) is 7.04. The number of hydrogen-bond donors (Lipinski definition) is 0. The summed E-state index contributed by atoms with van der Waals surface area (Å²) in [5, 5.41) is 33.0. The van der Waals surface area contributed by atoms with Crippen LogP contribution < -0.4 is 0 Å². The maximum Gasteiger partial charge on any atom is 0.417 e. The van der Waals surface area contributed by atoms with Crippen molar-refractivity contribution >= 4 is 55.0 Å². The van der Waals surface area contributed by atoms with Crippen molar-refractivity contribution in [2.75, 3.05) is 0 Å². The first kappa shape index (κ1) is 31.4. The van der Waals surface area contributed by atoms with Gasteiger partial charge in [0.25, 0.3) is 0 Å². The van der Waals surface area contributed by atoms with Gasteiger partial charge in [-0.3, -0.25) is 0 Å². The van der Waals surface area contributed by atoms with E-state index in [1.54, 1.807) is 94.1 Å². The van der Waals surface area contributed by atoms with Gasteiger partial charge >= 0.3 is 6.18 Å². The Morgan fingerprint density at radius 2 is 0.981 bits per heavy atom. The highest BCUT2D eigenvalue weighted by Crippen LogP contribution is 2.44. The lowest BCUT2D eigenvalue weighted by atomic mass is 9.96. The van der Waals surface area contributed by atoms with Crippen LogP contribution in [0.15, 0.2) is 109 Å². The molecule has 0 saturated heterocycles. The number of rotatable bonds is 3. The van der Waals surface area contributed by atoms with Crippen LogP contribution in [0.2, 0.25) is 0 Å². The Morgan fingerprint density at radius 1 is 0.538 bits per heavy atom. The second-order valence-electron chi connectivity index (χ2n) is 12.0. The molecule has 8 rings (SSSR count). The van der Waals surface area contributed by atoms with Crippen LogP contribution >= 0.6 is 0 Å². The molecule has 0 N–H and O–H groups in total. The number of nitriles is 3. The van der Waals surface area contributed by atoms with Crippen LogP contribution in [0.5, 0.6) is 0 Å². The molecular weight excluding hydrogens is 660 g/mol. The molecule has 0 radical (unpaired) electrons. The molecule has 0 bridgehead atoms. The molecule has 52 heavy (non-hydrogen) atoms. The van der Waals surface area contributed by atoms with E-state index in [4.69, 9.17) is 13.1 Å². The molecule has 0 amide bonds. The lowest BCUT2D eigenvalue weighted by Gasteiger charge is -2.20. The SMILES string of the molecule is [C-]#[N+]c1ccc2c(c1)c1cc([N+]#[C-])ccc1n2-c1cc(-c2ccccc2C(F)(F)F)cc(-n2c3ccc(C#N)cc3c3cc(C#N)ccc32)c1C#N. The van der Waals surface area contributed by atoms with E-state index in [1.165, 1.54) is 18.2 Å². The third-order valence-electron chi connectivity index (χ3n) is 9.25. The van der Waals surface area contributed by atoms with Gasteiger partial charge in [0.15, 0.2) is 11.4 Å². The molecule has 10 heteroatoms. The Labute approximate surface area is 293 Å². The molecule has 242 valence electrons. The number of nitrogens with zero attached hydrogens (tertiary/aromatic N) is 7. The molecule has 0 aliphatic carbocycles. The molecular formula is C42H18F3N7. The predicted octanol–water partition coefficient (Wildman–Crippen LogP) is 11.3. The summed E-state index contributed by atoms with van der Waals surface area (Å²) in [6.45, 7) is 15.2. The minimum atomic E-state index is -4.70. The smallest absolute Gasteiger partial charge is 0.308 e. The van der Waals surface area contributed by atoms with E-state index >= 15 is 0 Å². The number of benzene rings is 6. The summed E-state index contributed by atoms with van der Waals surface area (Å²) < 4.78 is 47.3. The van der Waals surface area contributed by atoms with Crippen LogP contribution in [-0.4, -0.2) is 9.13 Å². The minimum Gasteiger partial charge on any atom is -0.308 e. The quantitative estimate of drug-likeness (QED) is 0.174. The number of aromatic nitrogens is 2. The third-order valence-corrected chi connectivity index (χ3v) is 9.25. The summed E-state index contributed by atoms with van der Waals surface area (Å²) in [6.07, 6.45) is -4.70. The van der Waals surface area contributed by atoms with Crippen molar-refractivity contribution in [3.05, 3.63) is 154 Å². The third kappa shape index (κ3) is 4.71. The molecule has 2 heterocycles. The highest BCUT2D eigenvalue weighted by Gasteiger charge is 2.34. The summed E-state index contributed by atoms with van der Waals surface area (Å²) in [4.78, 5) is 7.16. The number of alkyl halides is 3. The number of fused-ring (bicyclic) bond motifs is 6. The fourth-order valence-electron chi connectivity index (χ4n) is 7.04. The van der Waals surface area contributed by atoms with Crippen LogP contribution in [0.3, 0.4) is 0 Å². The van der Waals surface area contributed by atoms with E-state index in [2.05, 4.69) is 27.9 Å². The maximum absolute atomic E-state index is 14.6. The molecule has 0 unspecified atom stereocenters. The predicted molar refractivity (Wildman–Crippen MR) is 192 cm³/mol. The Kier molecular flexibility index (Phi) is 7.04. The van der Waals surface area contributed by atoms with E-state index in [0.29, 0.717) is 66.1 Å². The molecule has 0 fully saturated rings. The zero-order valence-electron chi connectivity index (χ0n) is 26.7. The Hall–Kier alpha value is -7.84. The summed E-state index contributed by atoms with van der Waals surface area (Å²) in [7, 11) is 0. The highest BCUT2D eigenvalue weighted by atomic mass is 19.4. The highest BCUT2D eigenvalue weighted by molar-refractivity contribution is 6.13. The summed E-state index contributed by atoms with van der Waals surface area (Å²) in [5.74, 6) is 0. The van der Waals surface area contributed by atoms with Crippen molar-refractivity contribution in [1.82, 2.24) is 9.13 Å². The lowest BCUT2D eigenvalue weighted by molar-refractivity contribution is -0.137. The normalized spacial score (nSPS) is 11.3. The molecule has 7 nitrogen and oxygen atoms in total. The molecule has 0 aliphatic rings. The second kappa shape index (κ2) is 11.6. The standard InChI is InChI=1S/C42H18F3N7/c1-49-27-9-13-38-32(19-27)33-20-28(50-2)10-14-39(33)52(38)41-18-26(29-5-3-4-6-35(29)42(43,44)45)17-40(34(41)23-48)51-36-11-7-24(21-46)15-30(36)31-16-25(22-47)8-12-37(31)51/h3-20H. The van der Waals surface area contributed by atoms with Gasteiger partial charge in [0.2, 0.25) is 0 Å². The van der Waals surface area contributed by atoms with Gasteiger partial charge in [-0.15, -0.1) is 0 Å². The Bertz CT molecular complexity index is 2760. The van der Waals surface area contributed by atoms with Crippen LogP contribution in [0.25, 0.3) is 75.8 Å². The summed E-state index contributed by atoms with van der Waals surface area (Å²) >= 11 is 0. The first-order chi connectivity index (χ1) is 25.2.